The van der Waals surface area contributed by atoms with Crippen LogP contribution in [0.1, 0.15) is 39.9 Å². The molecule has 0 saturated carbocycles. The van der Waals surface area contributed by atoms with Gasteiger partial charge < -0.3 is 15.4 Å². The van der Waals surface area contributed by atoms with Gasteiger partial charge >= 0.3 is 0 Å². The molecule has 116 valence electrons. The Morgan fingerprint density at radius 2 is 1.86 bits per heavy atom. The van der Waals surface area contributed by atoms with Crippen molar-refractivity contribution in [3.8, 4) is 0 Å². The van der Waals surface area contributed by atoms with Crippen LogP contribution < -0.4 is 10.6 Å². The molecule has 1 aromatic carbocycles. The lowest BCUT2D eigenvalue weighted by atomic mass is 9.99. The topological polar surface area (TPSA) is 50.4 Å². The summed E-state index contributed by atoms with van der Waals surface area (Å²) in [4.78, 5) is 12.3. The average molecular weight is 290 g/mol. The summed E-state index contributed by atoms with van der Waals surface area (Å²) in [6.07, 6.45) is 2.46. The van der Waals surface area contributed by atoms with Crippen LogP contribution in [0.25, 0.3) is 0 Å². The summed E-state index contributed by atoms with van der Waals surface area (Å²) < 4.78 is 5.79. The summed E-state index contributed by atoms with van der Waals surface area (Å²) in [5, 5.41) is 6.27. The van der Waals surface area contributed by atoms with Crippen molar-refractivity contribution >= 4 is 5.91 Å². The summed E-state index contributed by atoms with van der Waals surface area (Å²) in [6.45, 7) is 9.23. The summed E-state index contributed by atoms with van der Waals surface area (Å²) in [5.74, 6) is -0.00101. The molecule has 1 aromatic rings. The number of aryl methyl sites for hydroxylation is 3. The van der Waals surface area contributed by atoms with Crippen LogP contribution in [0, 0.1) is 20.8 Å². The number of carbonyl (C=O) groups is 1. The molecule has 0 bridgehead atoms. The summed E-state index contributed by atoms with van der Waals surface area (Å²) in [6, 6.07) is 4.10. The van der Waals surface area contributed by atoms with Gasteiger partial charge in [0.25, 0.3) is 5.91 Å². The van der Waals surface area contributed by atoms with E-state index in [1.54, 1.807) is 0 Å². The highest BCUT2D eigenvalue weighted by Crippen LogP contribution is 2.16. The van der Waals surface area contributed by atoms with E-state index < -0.39 is 0 Å². The third-order valence-corrected chi connectivity index (χ3v) is 3.93. The highest BCUT2D eigenvalue weighted by Gasteiger charge is 2.14. The first-order valence-electron chi connectivity index (χ1n) is 7.76. The van der Waals surface area contributed by atoms with Gasteiger partial charge in [-0.15, -0.1) is 0 Å². The minimum atomic E-state index is -0.00101. The Kier molecular flexibility index (Phi) is 5.76. The fraction of sp³-hybridized carbons (Fsp3) is 0.588. The number of ether oxygens (including phenoxy) is 1. The molecule has 2 N–H and O–H groups in total. The van der Waals surface area contributed by atoms with E-state index in [1.165, 1.54) is 5.56 Å². The largest absolute Gasteiger partial charge is 0.376 e. The van der Waals surface area contributed by atoms with Crippen molar-refractivity contribution in [2.75, 3.05) is 26.2 Å². The Balaban J connectivity index is 1.79. The number of amides is 1. The van der Waals surface area contributed by atoms with Crippen LogP contribution in [0.2, 0.25) is 0 Å². The Morgan fingerprint density at radius 3 is 2.48 bits per heavy atom. The van der Waals surface area contributed by atoms with E-state index in [-0.39, 0.29) is 5.91 Å². The van der Waals surface area contributed by atoms with Gasteiger partial charge in [0.05, 0.1) is 12.7 Å². The molecule has 4 nitrogen and oxygen atoms in total. The molecule has 4 heteroatoms. The van der Waals surface area contributed by atoms with Crippen LogP contribution >= 0.6 is 0 Å². The van der Waals surface area contributed by atoms with Crippen LogP contribution in [-0.2, 0) is 4.74 Å². The van der Waals surface area contributed by atoms with Crippen LogP contribution in [-0.4, -0.2) is 38.3 Å². The molecule has 0 unspecified atom stereocenters. The normalized spacial score (nSPS) is 16.0. The minimum Gasteiger partial charge on any atom is -0.376 e. The summed E-state index contributed by atoms with van der Waals surface area (Å²) in [5.41, 5.74) is 4.05. The Bertz CT molecular complexity index is 471. The zero-order valence-corrected chi connectivity index (χ0v) is 13.3. The van der Waals surface area contributed by atoms with Gasteiger partial charge in [-0.25, -0.2) is 0 Å². The third-order valence-electron chi connectivity index (χ3n) is 3.93. The van der Waals surface area contributed by atoms with Gasteiger partial charge in [-0.3, -0.25) is 4.79 Å². The first-order chi connectivity index (χ1) is 10.1. The summed E-state index contributed by atoms with van der Waals surface area (Å²) in [7, 11) is 0. The van der Waals surface area contributed by atoms with E-state index in [0.29, 0.717) is 19.3 Å². The molecule has 0 atom stereocenters. The van der Waals surface area contributed by atoms with Crippen molar-refractivity contribution in [2.45, 2.75) is 39.7 Å². The number of hydrogen-bond donors (Lipinski definition) is 2. The van der Waals surface area contributed by atoms with E-state index in [1.807, 2.05) is 26.0 Å². The molecule has 21 heavy (non-hydrogen) atoms. The lowest BCUT2D eigenvalue weighted by Gasteiger charge is -2.23. The standard InChI is InChI=1S/C17H26N2O2/c1-12-10-13(2)16(14(3)11-12)17(20)19-8-9-21-15-4-6-18-7-5-15/h10-11,15,18H,4-9H2,1-3H3,(H,19,20). The molecular weight excluding hydrogens is 264 g/mol. The molecule has 1 saturated heterocycles. The molecule has 0 spiro atoms. The highest BCUT2D eigenvalue weighted by molar-refractivity contribution is 5.97. The SMILES string of the molecule is Cc1cc(C)c(C(=O)NCCOC2CCNCC2)c(C)c1. The van der Waals surface area contributed by atoms with Crippen molar-refractivity contribution < 1.29 is 9.53 Å². The molecule has 0 radical (unpaired) electrons. The highest BCUT2D eigenvalue weighted by atomic mass is 16.5. The van der Waals surface area contributed by atoms with Gasteiger partial charge in [0.2, 0.25) is 0 Å². The second kappa shape index (κ2) is 7.57. The predicted octanol–water partition coefficient (Wildman–Crippen LogP) is 2.11. The average Bonchev–Trinajstić information content (AvgIpc) is 2.43. The van der Waals surface area contributed by atoms with E-state index in [9.17, 15) is 4.79 Å². The van der Waals surface area contributed by atoms with Crippen molar-refractivity contribution in [1.29, 1.82) is 0 Å². The Morgan fingerprint density at radius 1 is 1.24 bits per heavy atom. The molecule has 1 aliphatic rings. The molecule has 1 amide bonds. The van der Waals surface area contributed by atoms with Gasteiger partial charge in [0, 0.05) is 12.1 Å². The van der Waals surface area contributed by atoms with Gasteiger partial charge in [-0.2, -0.15) is 0 Å². The predicted molar refractivity (Wildman–Crippen MR) is 84.8 cm³/mol. The van der Waals surface area contributed by atoms with E-state index in [4.69, 9.17) is 4.74 Å². The minimum absolute atomic E-state index is 0.00101. The number of hydrogen-bond acceptors (Lipinski definition) is 3. The monoisotopic (exact) mass is 290 g/mol. The fourth-order valence-electron chi connectivity index (χ4n) is 2.98. The van der Waals surface area contributed by atoms with Gasteiger partial charge in [-0.05, 0) is 57.8 Å². The van der Waals surface area contributed by atoms with E-state index >= 15 is 0 Å². The second-order valence-electron chi connectivity index (χ2n) is 5.85. The van der Waals surface area contributed by atoms with Crippen LogP contribution in [0.5, 0.6) is 0 Å². The van der Waals surface area contributed by atoms with Crippen molar-refractivity contribution in [1.82, 2.24) is 10.6 Å². The van der Waals surface area contributed by atoms with Crippen molar-refractivity contribution in [2.24, 2.45) is 0 Å². The number of piperidine rings is 1. The molecule has 1 aliphatic heterocycles. The van der Waals surface area contributed by atoms with Crippen LogP contribution in [0.3, 0.4) is 0 Å². The second-order valence-corrected chi connectivity index (χ2v) is 5.85. The zero-order chi connectivity index (χ0) is 15.2. The molecule has 2 rings (SSSR count). The van der Waals surface area contributed by atoms with Crippen LogP contribution in [0.15, 0.2) is 12.1 Å². The van der Waals surface area contributed by atoms with Gasteiger partial charge in [0.1, 0.15) is 0 Å². The van der Waals surface area contributed by atoms with Crippen LogP contribution in [0.4, 0.5) is 0 Å². The first kappa shape index (κ1) is 16.0. The fourth-order valence-corrected chi connectivity index (χ4v) is 2.98. The number of benzene rings is 1. The lowest BCUT2D eigenvalue weighted by Crippen LogP contribution is -2.35. The number of rotatable bonds is 5. The molecule has 0 aromatic heterocycles. The smallest absolute Gasteiger partial charge is 0.251 e. The quantitative estimate of drug-likeness (QED) is 0.817. The summed E-state index contributed by atoms with van der Waals surface area (Å²) >= 11 is 0. The molecular formula is C17H26N2O2. The Hall–Kier alpha value is -1.39. The van der Waals surface area contributed by atoms with Crippen molar-refractivity contribution in [3.05, 3.63) is 34.4 Å². The van der Waals surface area contributed by atoms with Gasteiger partial charge in [-0.1, -0.05) is 17.7 Å². The maximum Gasteiger partial charge on any atom is 0.251 e. The Labute approximate surface area is 127 Å². The molecule has 0 aliphatic carbocycles. The van der Waals surface area contributed by atoms with E-state index in [0.717, 1.165) is 42.6 Å². The number of carbonyl (C=O) groups excluding carboxylic acids is 1. The third kappa shape index (κ3) is 4.55. The van der Waals surface area contributed by atoms with Gasteiger partial charge in [0.15, 0.2) is 0 Å². The maximum absolute atomic E-state index is 12.3. The maximum atomic E-state index is 12.3. The molecule has 1 fully saturated rings. The van der Waals surface area contributed by atoms with Crippen molar-refractivity contribution in [3.63, 3.8) is 0 Å². The van der Waals surface area contributed by atoms with E-state index in [2.05, 4.69) is 17.6 Å². The zero-order valence-electron chi connectivity index (χ0n) is 13.3. The number of nitrogens with one attached hydrogen (secondary N) is 2. The lowest BCUT2D eigenvalue weighted by molar-refractivity contribution is 0.0343. The molecule has 1 heterocycles. The first-order valence-corrected chi connectivity index (χ1v) is 7.76.